The number of hydrogen-bond acceptors (Lipinski definition) is 3. The van der Waals surface area contributed by atoms with Crippen molar-refractivity contribution in [2.75, 3.05) is 11.9 Å². The number of carbonyl (C=O) groups is 1. The first kappa shape index (κ1) is 21.7. The van der Waals surface area contributed by atoms with Crippen LogP contribution >= 0.6 is 12.4 Å². The fourth-order valence-corrected chi connectivity index (χ4v) is 3.05. The van der Waals surface area contributed by atoms with Gasteiger partial charge in [-0.1, -0.05) is 26.0 Å². The number of rotatable bonds is 5. The van der Waals surface area contributed by atoms with E-state index >= 15 is 0 Å². The van der Waals surface area contributed by atoms with Gasteiger partial charge in [-0.3, -0.25) is 4.79 Å². The second-order valence-electron chi connectivity index (χ2n) is 6.79. The predicted octanol–water partition coefficient (Wildman–Crippen LogP) is 3.68. The molecular weight excluding hydrogens is 357 g/mol. The second kappa shape index (κ2) is 7.51. The van der Waals surface area contributed by atoms with E-state index in [1.807, 2.05) is 20.8 Å². The van der Waals surface area contributed by atoms with Crippen molar-refractivity contribution in [1.29, 1.82) is 0 Å². The first-order chi connectivity index (χ1) is 11.0. The Morgan fingerprint density at radius 2 is 2.04 bits per heavy atom. The van der Waals surface area contributed by atoms with E-state index < -0.39 is 29.5 Å². The first-order valence-electron chi connectivity index (χ1n) is 7.87. The fourth-order valence-electron chi connectivity index (χ4n) is 3.05. The number of halogens is 4. The first-order valence-corrected chi connectivity index (χ1v) is 7.87. The van der Waals surface area contributed by atoms with Crippen LogP contribution in [0.25, 0.3) is 0 Å². The number of carbonyl (C=O) groups excluding carboxylic acids is 1. The molecular formula is C17H24ClF3N2O2. The minimum atomic E-state index is -4.29. The van der Waals surface area contributed by atoms with Crippen molar-refractivity contribution < 1.29 is 22.7 Å². The highest BCUT2D eigenvalue weighted by Gasteiger charge is 2.62. The Morgan fingerprint density at radius 3 is 2.56 bits per heavy atom. The van der Waals surface area contributed by atoms with E-state index in [2.05, 4.69) is 5.32 Å². The van der Waals surface area contributed by atoms with Gasteiger partial charge < -0.3 is 15.8 Å². The van der Waals surface area contributed by atoms with Gasteiger partial charge in [0.05, 0.1) is 12.5 Å². The molecule has 3 N–H and O–H groups in total. The van der Waals surface area contributed by atoms with Crippen LogP contribution in [0.2, 0.25) is 0 Å². The largest absolute Gasteiger partial charge is 0.393 e. The summed E-state index contributed by atoms with van der Waals surface area (Å²) in [4.78, 5) is 12.6. The van der Waals surface area contributed by atoms with E-state index in [0.717, 1.165) is 0 Å². The van der Waals surface area contributed by atoms with Crippen molar-refractivity contribution >= 4 is 24.0 Å². The normalized spacial score (nSPS) is 24.8. The van der Waals surface area contributed by atoms with Crippen LogP contribution in [0.3, 0.4) is 0 Å². The zero-order valence-corrected chi connectivity index (χ0v) is 15.3. The lowest BCUT2D eigenvalue weighted by Crippen LogP contribution is -2.74. The summed E-state index contributed by atoms with van der Waals surface area (Å²) in [5.41, 5.74) is 4.98. The maximum absolute atomic E-state index is 12.6. The topological polar surface area (TPSA) is 64.3 Å². The van der Waals surface area contributed by atoms with Crippen LogP contribution in [0.1, 0.15) is 32.8 Å². The Labute approximate surface area is 151 Å². The van der Waals surface area contributed by atoms with Crippen LogP contribution in [0.4, 0.5) is 18.9 Å². The SMILES string of the molecule is CCOC1CC(N)(C(=O)Nc2cccc(CC(F)(F)F)c2)C1(C)C.Cl. The van der Waals surface area contributed by atoms with E-state index in [-0.39, 0.29) is 24.1 Å². The van der Waals surface area contributed by atoms with Gasteiger partial charge in [-0.15, -0.1) is 12.4 Å². The summed E-state index contributed by atoms with van der Waals surface area (Å²) in [6, 6.07) is 5.72. The molecule has 1 aliphatic rings. The van der Waals surface area contributed by atoms with Crippen LogP contribution in [0.5, 0.6) is 0 Å². The van der Waals surface area contributed by atoms with E-state index in [1.165, 1.54) is 18.2 Å². The molecule has 2 atom stereocenters. The molecule has 25 heavy (non-hydrogen) atoms. The molecule has 2 unspecified atom stereocenters. The van der Waals surface area contributed by atoms with Crippen LogP contribution in [-0.4, -0.2) is 30.3 Å². The summed E-state index contributed by atoms with van der Waals surface area (Å²) in [6.07, 6.45) is -5.07. The number of hydrogen-bond donors (Lipinski definition) is 2. The van der Waals surface area contributed by atoms with E-state index in [4.69, 9.17) is 10.5 Å². The van der Waals surface area contributed by atoms with Crippen LogP contribution < -0.4 is 11.1 Å². The number of alkyl halides is 3. The molecule has 8 heteroatoms. The molecule has 1 aliphatic carbocycles. The Kier molecular flexibility index (Phi) is 6.53. The zero-order chi connectivity index (χ0) is 18.2. The highest BCUT2D eigenvalue weighted by Crippen LogP contribution is 2.50. The maximum atomic E-state index is 12.6. The van der Waals surface area contributed by atoms with Gasteiger partial charge in [0.1, 0.15) is 5.54 Å². The summed E-state index contributed by atoms with van der Waals surface area (Å²) in [5, 5.41) is 2.64. The Balaban J connectivity index is 0.00000312. The zero-order valence-electron chi connectivity index (χ0n) is 14.4. The number of benzene rings is 1. The number of amides is 1. The standard InChI is InChI=1S/C17H23F3N2O2.ClH/c1-4-24-13-10-16(21,15(13,2)3)14(23)22-12-7-5-6-11(8-12)9-17(18,19)20;/h5-8,13H,4,9-10,21H2,1-3H3,(H,22,23);1H. The van der Waals surface area contributed by atoms with Crippen molar-refractivity contribution in [3.63, 3.8) is 0 Å². The lowest BCUT2D eigenvalue weighted by Gasteiger charge is -2.57. The monoisotopic (exact) mass is 380 g/mol. The molecule has 1 fully saturated rings. The van der Waals surface area contributed by atoms with Crippen molar-refractivity contribution in [3.8, 4) is 0 Å². The Hall–Kier alpha value is -1.31. The quantitative estimate of drug-likeness (QED) is 0.818. The summed E-state index contributed by atoms with van der Waals surface area (Å²) >= 11 is 0. The average molecular weight is 381 g/mol. The lowest BCUT2D eigenvalue weighted by atomic mass is 9.54. The molecule has 0 bridgehead atoms. The predicted molar refractivity (Wildman–Crippen MR) is 92.8 cm³/mol. The third-order valence-electron chi connectivity index (χ3n) is 4.82. The Morgan fingerprint density at radius 1 is 1.40 bits per heavy atom. The van der Waals surface area contributed by atoms with Crippen molar-refractivity contribution in [2.45, 2.75) is 51.4 Å². The van der Waals surface area contributed by atoms with Crippen molar-refractivity contribution in [2.24, 2.45) is 11.1 Å². The van der Waals surface area contributed by atoms with Gasteiger partial charge in [-0.05, 0) is 24.6 Å². The molecule has 0 aliphatic heterocycles. The van der Waals surface area contributed by atoms with Gasteiger partial charge in [-0.25, -0.2) is 0 Å². The van der Waals surface area contributed by atoms with E-state index in [1.54, 1.807) is 6.07 Å². The van der Waals surface area contributed by atoms with Crippen LogP contribution in [-0.2, 0) is 16.0 Å². The average Bonchev–Trinajstić information content (AvgIpc) is 2.45. The molecule has 0 heterocycles. The number of nitrogens with two attached hydrogens (primary N) is 1. The van der Waals surface area contributed by atoms with Gasteiger partial charge in [0.25, 0.3) is 0 Å². The summed E-state index contributed by atoms with van der Waals surface area (Å²) in [6.45, 7) is 6.12. The summed E-state index contributed by atoms with van der Waals surface area (Å²) in [5.74, 6) is -0.410. The highest BCUT2D eigenvalue weighted by molar-refractivity contribution is 5.99. The van der Waals surface area contributed by atoms with E-state index in [0.29, 0.717) is 18.7 Å². The lowest BCUT2D eigenvalue weighted by molar-refractivity contribution is -0.166. The third-order valence-corrected chi connectivity index (χ3v) is 4.82. The van der Waals surface area contributed by atoms with Gasteiger partial charge >= 0.3 is 6.18 Å². The molecule has 0 saturated heterocycles. The molecule has 4 nitrogen and oxygen atoms in total. The molecule has 1 saturated carbocycles. The number of anilines is 1. The van der Waals surface area contributed by atoms with Gasteiger partial charge in [-0.2, -0.15) is 13.2 Å². The van der Waals surface area contributed by atoms with Crippen molar-refractivity contribution in [1.82, 2.24) is 0 Å². The minimum absolute atomic E-state index is 0. The van der Waals surface area contributed by atoms with Crippen LogP contribution in [0, 0.1) is 5.41 Å². The molecule has 0 radical (unpaired) electrons. The van der Waals surface area contributed by atoms with Gasteiger partial charge in [0.15, 0.2) is 0 Å². The highest BCUT2D eigenvalue weighted by atomic mass is 35.5. The van der Waals surface area contributed by atoms with Gasteiger partial charge in [0, 0.05) is 24.1 Å². The third kappa shape index (κ3) is 4.46. The fraction of sp³-hybridized carbons (Fsp3) is 0.588. The minimum Gasteiger partial charge on any atom is -0.378 e. The van der Waals surface area contributed by atoms with E-state index in [9.17, 15) is 18.0 Å². The summed E-state index contributed by atoms with van der Waals surface area (Å²) < 4.78 is 43.0. The summed E-state index contributed by atoms with van der Waals surface area (Å²) in [7, 11) is 0. The van der Waals surface area contributed by atoms with Crippen LogP contribution in [0.15, 0.2) is 24.3 Å². The maximum Gasteiger partial charge on any atom is 0.393 e. The second-order valence-corrected chi connectivity index (χ2v) is 6.79. The molecule has 0 aromatic heterocycles. The van der Waals surface area contributed by atoms with Gasteiger partial charge in [0.2, 0.25) is 5.91 Å². The molecule has 2 rings (SSSR count). The van der Waals surface area contributed by atoms with Crippen molar-refractivity contribution in [3.05, 3.63) is 29.8 Å². The molecule has 142 valence electrons. The smallest absolute Gasteiger partial charge is 0.378 e. The molecule has 1 amide bonds. The number of ether oxygens (including phenoxy) is 1. The molecule has 1 aromatic carbocycles. The molecule has 1 aromatic rings. The number of nitrogens with one attached hydrogen (secondary N) is 1. The Bertz CT molecular complexity index is 622. The molecule has 0 spiro atoms.